The molecule has 0 aliphatic carbocycles. The third-order valence-electron chi connectivity index (χ3n) is 3.86. The lowest BCUT2D eigenvalue weighted by atomic mass is 9.98. The Balaban J connectivity index is 1.78. The van der Waals surface area contributed by atoms with Gasteiger partial charge in [0, 0.05) is 23.5 Å². The summed E-state index contributed by atoms with van der Waals surface area (Å²) in [5.41, 5.74) is 4.12. The van der Waals surface area contributed by atoms with E-state index >= 15 is 0 Å². The van der Waals surface area contributed by atoms with Gasteiger partial charge in [-0.2, -0.15) is 10.2 Å². The number of carbonyl (C=O) groups is 1. The maximum absolute atomic E-state index is 13.0. The molecule has 0 radical (unpaired) electrons. The van der Waals surface area contributed by atoms with Gasteiger partial charge in [0.15, 0.2) is 0 Å². The smallest absolute Gasteiger partial charge is 0.200 e. The van der Waals surface area contributed by atoms with Crippen molar-refractivity contribution in [3.63, 3.8) is 0 Å². The van der Waals surface area contributed by atoms with Gasteiger partial charge in [-0.3, -0.25) is 15.0 Å². The van der Waals surface area contributed by atoms with Crippen LogP contribution < -0.4 is 0 Å². The Labute approximate surface area is 138 Å². The van der Waals surface area contributed by atoms with Crippen molar-refractivity contribution in [2.45, 2.75) is 0 Å². The van der Waals surface area contributed by atoms with Gasteiger partial charge in [0.05, 0.1) is 11.1 Å². The highest BCUT2D eigenvalue weighted by Crippen LogP contribution is 2.27. The SMILES string of the molecule is O=C(c1c[nH]nc1-c1ccccc1)c1c[nH]nc1-c1ccccc1. The molecule has 4 rings (SSSR count). The number of aromatic nitrogens is 4. The predicted molar refractivity (Wildman–Crippen MR) is 91.5 cm³/mol. The molecule has 2 N–H and O–H groups in total. The van der Waals surface area contributed by atoms with Crippen molar-refractivity contribution < 1.29 is 4.79 Å². The van der Waals surface area contributed by atoms with E-state index in [-0.39, 0.29) is 5.78 Å². The van der Waals surface area contributed by atoms with Crippen molar-refractivity contribution in [1.29, 1.82) is 0 Å². The second kappa shape index (κ2) is 5.96. The zero-order valence-electron chi connectivity index (χ0n) is 12.7. The summed E-state index contributed by atoms with van der Waals surface area (Å²) in [5, 5.41) is 14.1. The van der Waals surface area contributed by atoms with Gasteiger partial charge in [-0.1, -0.05) is 60.7 Å². The third kappa shape index (κ3) is 2.42. The highest BCUT2D eigenvalue weighted by molar-refractivity contribution is 6.14. The van der Waals surface area contributed by atoms with Crippen LogP contribution in [0.25, 0.3) is 22.5 Å². The van der Waals surface area contributed by atoms with Gasteiger partial charge in [-0.15, -0.1) is 0 Å². The van der Waals surface area contributed by atoms with Crippen molar-refractivity contribution in [3.8, 4) is 22.5 Å². The van der Waals surface area contributed by atoms with Crippen molar-refractivity contribution in [2.24, 2.45) is 0 Å². The number of nitrogens with one attached hydrogen (secondary N) is 2. The summed E-state index contributed by atoms with van der Waals surface area (Å²) in [6.45, 7) is 0. The Morgan fingerprint density at radius 2 is 1.08 bits per heavy atom. The fraction of sp³-hybridized carbons (Fsp3) is 0. The van der Waals surface area contributed by atoms with Gasteiger partial charge in [0.1, 0.15) is 11.4 Å². The first-order chi connectivity index (χ1) is 11.8. The van der Waals surface area contributed by atoms with E-state index in [1.807, 2.05) is 60.7 Å². The van der Waals surface area contributed by atoms with Crippen LogP contribution in [0.1, 0.15) is 15.9 Å². The lowest BCUT2D eigenvalue weighted by Crippen LogP contribution is -2.02. The molecule has 5 heteroatoms. The van der Waals surface area contributed by atoms with E-state index in [9.17, 15) is 4.79 Å². The molecular weight excluding hydrogens is 300 g/mol. The molecule has 0 aliphatic heterocycles. The minimum absolute atomic E-state index is 0.116. The Hall–Kier alpha value is -3.47. The Morgan fingerprint density at radius 3 is 1.50 bits per heavy atom. The van der Waals surface area contributed by atoms with Gasteiger partial charge in [-0.05, 0) is 0 Å². The minimum Gasteiger partial charge on any atom is -0.288 e. The van der Waals surface area contributed by atoms with Crippen molar-refractivity contribution in [2.75, 3.05) is 0 Å². The molecule has 24 heavy (non-hydrogen) atoms. The minimum atomic E-state index is -0.116. The number of benzene rings is 2. The summed E-state index contributed by atoms with van der Waals surface area (Å²) < 4.78 is 0. The van der Waals surface area contributed by atoms with Gasteiger partial charge in [0.2, 0.25) is 5.78 Å². The first-order valence-electron chi connectivity index (χ1n) is 7.57. The average Bonchev–Trinajstić information content (AvgIpc) is 3.32. The van der Waals surface area contributed by atoms with Crippen LogP contribution in [0.15, 0.2) is 73.1 Å². The van der Waals surface area contributed by atoms with Crippen LogP contribution in [0, 0.1) is 0 Å². The van der Waals surface area contributed by atoms with Gasteiger partial charge < -0.3 is 0 Å². The lowest BCUT2D eigenvalue weighted by molar-refractivity contribution is 0.104. The summed E-state index contributed by atoms with van der Waals surface area (Å²) in [4.78, 5) is 13.0. The molecule has 0 saturated carbocycles. The van der Waals surface area contributed by atoms with Crippen molar-refractivity contribution in [3.05, 3.63) is 84.2 Å². The van der Waals surface area contributed by atoms with E-state index in [2.05, 4.69) is 20.4 Å². The Kier molecular flexibility index (Phi) is 3.51. The maximum Gasteiger partial charge on any atom is 0.200 e. The number of H-pyrrole nitrogens is 2. The van der Waals surface area contributed by atoms with Crippen LogP contribution >= 0.6 is 0 Å². The fourth-order valence-electron chi connectivity index (χ4n) is 2.70. The standard InChI is InChI=1S/C19H14N4O/c24-19(15-11-20-22-17(15)13-7-3-1-4-8-13)16-12-21-23-18(16)14-9-5-2-6-10-14/h1-12H,(H,20,22)(H,21,23). The number of carbonyl (C=O) groups excluding carboxylic acids is 1. The van der Waals surface area contributed by atoms with E-state index in [1.165, 1.54) is 0 Å². The maximum atomic E-state index is 13.0. The molecule has 0 spiro atoms. The van der Waals surface area contributed by atoms with Crippen molar-refractivity contribution >= 4 is 5.78 Å². The Morgan fingerprint density at radius 1 is 0.667 bits per heavy atom. The molecule has 2 aromatic heterocycles. The molecular formula is C19H14N4O. The quantitative estimate of drug-likeness (QED) is 0.564. The molecule has 0 aliphatic rings. The zero-order chi connectivity index (χ0) is 16.4. The summed E-state index contributed by atoms with van der Waals surface area (Å²) in [7, 11) is 0. The molecule has 0 fully saturated rings. The molecule has 4 aromatic rings. The van der Waals surface area contributed by atoms with E-state index in [0.717, 1.165) is 11.1 Å². The third-order valence-corrected chi connectivity index (χ3v) is 3.86. The average molecular weight is 314 g/mol. The number of ketones is 1. The van der Waals surface area contributed by atoms with Crippen LogP contribution in [-0.4, -0.2) is 26.2 Å². The molecule has 0 bridgehead atoms. The molecule has 0 saturated heterocycles. The van der Waals surface area contributed by atoms with E-state index in [1.54, 1.807) is 12.4 Å². The van der Waals surface area contributed by atoms with Crippen LogP contribution in [0.3, 0.4) is 0 Å². The second-order valence-electron chi connectivity index (χ2n) is 5.36. The van der Waals surface area contributed by atoms with Gasteiger partial charge in [-0.25, -0.2) is 0 Å². The summed E-state index contributed by atoms with van der Waals surface area (Å²) in [6, 6.07) is 19.3. The first-order valence-corrected chi connectivity index (χ1v) is 7.57. The van der Waals surface area contributed by atoms with Crippen LogP contribution in [0.4, 0.5) is 0 Å². The van der Waals surface area contributed by atoms with E-state index in [0.29, 0.717) is 22.5 Å². The second-order valence-corrected chi connectivity index (χ2v) is 5.36. The normalized spacial score (nSPS) is 10.7. The molecule has 5 nitrogen and oxygen atoms in total. The number of hydrogen-bond donors (Lipinski definition) is 2. The first kappa shape index (κ1) is 14.1. The topological polar surface area (TPSA) is 74.4 Å². The summed E-state index contributed by atoms with van der Waals surface area (Å²) >= 11 is 0. The summed E-state index contributed by atoms with van der Waals surface area (Å²) in [6.07, 6.45) is 3.26. The number of aromatic amines is 2. The van der Waals surface area contributed by atoms with Gasteiger partial charge >= 0.3 is 0 Å². The Bertz CT molecular complexity index is 891. The molecule has 0 unspecified atom stereocenters. The van der Waals surface area contributed by atoms with Crippen LogP contribution in [0.5, 0.6) is 0 Å². The molecule has 0 amide bonds. The molecule has 0 atom stereocenters. The molecule has 116 valence electrons. The van der Waals surface area contributed by atoms with Crippen molar-refractivity contribution in [1.82, 2.24) is 20.4 Å². The van der Waals surface area contributed by atoms with Gasteiger partial charge in [0.25, 0.3) is 0 Å². The highest BCUT2D eigenvalue weighted by atomic mass is 16.1. The lowest BCUT2D eigenvalue weighted by Gasteiger charge is -2.03. The monoisotopic (exact) mass is 314 g/mol. The zero-order valence-corrected chi connectivity index (χ0v) is 12.7. The molecule has 2 heterocycles. The number of rotatable bonds is 4. The number of hydrogen-bond acceptors (Lipinski definition) is 3. The largest absolute Gasteiger partial charge is 0.288 e. The predicted octanol–water partition coefficient (Wildman–Crippen LogP) is 3.70. The number of nitrogens with zero attached hydrogens (tertiary/aromatic N) is 2. The van der Waals surface area contributed by atoms with E-state index in [4.69, 9.17) is 0 Å². The fourth-order valence-corrected chi connectivity index (χ4v) is 2.70. The molecule has 2 aromatic carbocycles. The van der Waals surface area contributed by atoms with Crippen LogP contribution in [-0.2, 0) is 0 Å². The van der Waals surface area contributed by atoms with E-state index < -0.39 is 0 Å². The van der Waals surface area contributed by atoms with Crippen LogP contribution in [0.2, 0.25) is 0 Å². The highest BCUT2D eigenvalue weighted by Gasteiger charge is 2.22. The summed E-state index contributed by atoms with van der Waals surface area (Å²) in [5.74, 6) is -0.116.